The summed E-state index contributed by atoms with van der Waals surface area (Å²) in [6, 6.07) is 6.42. The number of hydrogen-bond acceptors (Lipinski definition) is 2. The molecule has 0 aliphatic rings. The Hall–Kier alpha value is -1.42. The van der Waals surface area contributed by atoms with Gasteiger partial charge in [-0.15, -0.1) is 21.8 Å². The zero-order chi connectivity index (χ0) is 10.7. The summed E-state index contributed by atoms with van der Waals surface area (Å²) in [5.41, 5.74) is 0.862. The summed E-state index contributed by atoms with van der Waals surface area (Å²) in [6.07, 6.45) is 1.59. The number of halogens is 2. The van der Waals surface area contributed by atoms with Crippen LogP contribution in [0.15, 0.2) is 30.6 Å². The van der Waals surface area contributed by atoms with Gasteiger partial charge < -0.3 is 4.57 Å². The van der Waals surface area contributed by atoms with E-state index in [9.17, 15) is 4.39 Å². The lowest BCUT2D eigenvalue weighted by Gasteiger charge is -2.04. The third-order valence-electron chi connectivity index (χ3n) is 2.06. The van der Waals surface area contributed by atoms with Crippen molar-refractivity contribution in [2.75, 3.05) is 0 Å². The number of alkyl halides is 1. The molecule has 2 aromatic rings. The van der Waals surface area contributed by atoms with E-state index in [1.807, 2.05) is 6.07 Å². The Kier molecular flexibility index (Phi) is 2.97. The third-order valence-corrected chi connectivity index (χ3v) is 2.30. The highest BCUT2D eigenvalue weighted by Crippen LogP contribution is 2.08. The van der Waals surface area contributed by atoms with Gasteiger partial charge in [0.1, 0.15) is 18.0 Å². The Bertz CT molecular complexity index is 455. The lowest BCUT2D eigenvalue weighted by molar-refractivity contribution is 0.622. The highest BCUT2D eigenvalue weighted by Gasteiger charge is 2.03. The third kappa shape index (κ3) is 2.33. The summed E-state index contributed by atoms with van der Waals surface area (Å²) >= 11 is 5.67. The predicted molar refractivity (Wildman–Crippen MR) is 55.1 cm³/mol. The van der Waals surface area contributed by atoms with Gasteiger partial charge in [0.05, 0.1) is 12.4 Å². The summed E-state index contributed by atoms with van der Waals surface area (Å²) in [6.45, 7) is 0.535. The normalized spacial score (nSPS) is 10.5. The lowest BCUT2D eigenvalue weighted by Crippen LogP contribution is -2.02. The molecule has 0 atom stereocenters. The van der Waals surface area contributed by atoms with Gasteiger partial charge in [-0.1, -0.05) is 12.1 Å². The van der Waals surface area contributed by atoms with Gasteiger partial charge in [-0.3, -0.25) is 0 Å². The molecule has 0 spiro atoms. The molecule has 1 aromatic heterocycles. The quantitative estimate of drug-likeness (QED) is 0.750. The Morgan fingerprint density at radius 3 is 3.00 bits per heavy atom. The maximum atomic E-state index is 12.9. The second-order valence-corrected chi connectivity index (χ2v) is 3.41. The van der Waals surface area contributed by atoms with Crippen molar-refractivity contribution >= 4 is 11.6 Å². The van der Waals surface area contributed by atoms with Crippen molar-refractivity contribution in [2.45, 2.75) is 12.4 Å². The van der Waals surface area contributed by atoms with Gasteiger partial charge in [-0.2, -0.15) is 0 Å². The molecule has 0 fully saturated rings. The standard InChI is InChI=1S/C10H9ClFN3/c11-5-10-14-13-7-15(10)6-8-2-1-3-9(12)4-8/h1-4,7H,5-6H2. The molecule has 15 heavy (non-hydrogen) atoms. The average Bonchev–Trinajstić information content (AvgIpc) is 2.65. The van der Waals surface area contributed by atoms with Crippen LogP contribution in [0, 0.1) is 5.82 Å². The molecule has 0 radical (unpaired) electrons. The Labute approximate surface area is 91.5 Å². The van der Waals surface area contributed by atoms with Gasteiger partial charge in [0, 0.05) is 0 Å². The minimum Gasteiger partial charge on any atom is -0.312 e. The topological polar surface area (TPSA) is 30.7 Å². The first-order chi connectivity index (χ1) is 7.29. The number of nitrogens with zero attached hydrogens (tertiary/aromatic N) is 3. The van der Waals surface area contributed by atoms with Crippen molar-refractivity contribution in [2.24, 2.45) is 0 Å². The summed E-state index contributed by atoms with van der Waals surface area (Å²) < 4.78 is 14.7. The molecule has 3 nitrogen and oxygen atoms in total. The van der Waals surface area contributed by atoms with Crippen LogP contribution in [0.3, 0.4) is 0 Å². The first kappa shape index (κ1) is 10.1. The Balaban J connectivity index is 2.22. The zero-order valence-electron chi connectivity index (χ0n) is 7.90. The van der Waals surface area contributed by atoms with Crippen molar-refractivity contribution in [1.82, 2.24) is 14.8 Å². The summed E-state index contributed by atoms with van der Waals surface area (Å²) in [4.78, 5) is 0. The minimum absolute atomic E-state index is 0.243. The van der Waals surface area contributed by atoms with Gasteiger partial charge in [0.25, 0.3) is 0 Å². The summed E-state index contributed by atoms with van der Waals surface area (Å²) in [5.74, 6) is 0.740. The molecule has 0 bridgehead atoms. The van der Waals surface area contributed by atoms with E-state index < -0.39 is 0 Å². The maximum Gasteiger partial charge on any atom is 0.148 e. The molecule has 0 amide bonds. The van der Waals surface area contributed by atoms with E-state index in [0.717, 1.165) is 5.56 Å². The molecule has 0 aliphatic carbocycles. The van der Waals surface area contributed by atoms with Gasteiger partial charge in [0.2, 0.25) is 0 Å². The van der Waals surface area contributed by atoms with Crippen LogP contribution in [0.2, 0.25) is 0 Å². The van der Waals surface area contributed by atoms with Gasteiger partial charge in [-0.25, -0.2) is 4.39 Å². The predicted octanol–water partition coefficient (Wildman–Crippen LogP) is 2.20. The van der Waals surface area contributed by atoms with E-state index in [0.29, 0.717) is 18.2 Å². The van der Waals surface area contributed by atoms with Crippen molar-refractivity contribution in [3.63, 3.8) is 0 Å². The molecule has 78 valence electrons. The van der Waals surface area contributed by atoms with Crippen molar-refractivity contribution in [3.8, 4) is 0 Å². The lowest BCUT2D eigenvalue weighted by atomic mass is 10.2. The van der Waals surface area contributed by atoms with Crippen LogP contribution in [0.5, 0.6) is 0 Å². The van der Waals surface area contributed by atoms with E-state index >= 15 is 0 Å². The first-order valence-corrected chi connectivity index (χ1v) is 5.00. The number of benzene rings is 1. The molecule has 0 N–H and O–H groups in total. The summed E-state index contributed by atoms with van der Waals surface area (Å²) in [5, 5.41) is 7.59. The van der Waals surface area contributed by atoms with Crippen LogP contribution in [-0.2, 0) is 12.4 Å². The molecule has 1 heterocycles. The molecule has 0 saturated heterocycles. The van der Waals surface area contributed by atoms with Gasteiger partial charge >= 0.3 is 0 Å². The van der Waals surface area contributed by atoms with Crippen LogP contribution in [0.4, 0.5) is 4.39 Å². The van der Waals surface area contributed by atoms with Crippen molar-refractivity contribution in [1.29, 1.82) is 0 Å². The second kappa shape index (κ2) is 4.40. The fourth-order valence-corrected chi connectivity index (χ4v) is 1.55. The Morgan fingerprint density at radius 1 is 1.40 bits per heavy atom. The number of aromatic nitrogens is 3. The first-order valence-electron chi connectivity index (χ1n) is 4.46. The van der Waals surface area contributed by atoms with Crippen molar-refractivity contribution < 1.29 is 4.39 Å². The fourth-order valence-electron chi connectivity index (χ4n) is 1.35. The van der Waals surface area contributed by atoms with Crippen LogP contribution < -0.4 is 0 Å². The molecule has 2 rings (SSSR count). The number of hydrogen-bond donors (Lipinski definition) is 0. The largest absolute Gasteiger partial charge is 0.312 e. The van der Waals surface area contributed by atoms with Crippen LogP contribution in [0.25, 0.3) is 0 Å². The average molecular weight is 226 g/mol. The highest BCUT2D eigenvalue weighted by molar-refractivity contribution is 6.16. The van der Waals surface area contributed by atoms with E-state index in [1.54, 1.807) is 17.0 Å². The van der Waals surface area contributed by atoms with Gasteiger partial charge in [0.15, 0.2) is 0 Å². The smallest absolute Gasteiger partial charge is 0.148 e. The van der Waals surface area contributed by atoms with Crippen LogP contribution >= 0.6 is 11.6 Å². The van der Waals surface area contributed by atoms with Gasteiger partial charge in [-0.05, 0) is 17.7 Å². The monoisotopic (exact) mass is 225 g/mol. The fraction of sp³-hybridized carbons (Fsp3) is 0.200. The maximum absolute atomic E-state index is 12.9. The second-order valence-electron chi connectivity index (χ2n) is 3.14. The summed E-state index contributed by atoms with van der Waals surface area (Å²) in [7, 11) is 0. The van der Waals surface area contributed by atoms with E-state index in [1.165, 1.54) is 12.1 Å². The molecular formula is C10H9ClFN3. The Morgan fingerprint density at radius 2 is 2.27 bits per heavy atom. The molecule has 0 saturated carbocycles. The van der Waals surface area contributed by atoms with Crippen molar-refractivity contribution in [3.05, 3.63) is 47.8 Å². The highest BCUT2D eigenvalue weighted by atomic mass is 35.5. The zero-order valence-corrected chi connectivity index (χ0v) is 8.65. The SMILES string of the molecule is Fc1cccc(Cn2cnnc2CCl)c1. The van der Waals surface area contributed by atoms with Crippen LogP contribution in [0.1, 0.15) is 11.4 Å². The van der Waals surface area contributed by atoms with E-state index in [2.05, 4.69) is 10.2 Å². The molecular weight excluding hydrogens is 217 g/mol. The van der Waals surface area contributed by atoms with E-state index in [-0.39, 0.29) is 5.82 Å². The number of rotatable bonds is 3. The molecule has 5 heteroatoms. The minimum atomic E-state index is -0.243. The molecule has 0 aliphatic heterocycles. The van der Waals surface area contributed by atoms with Crippen LogP contribution in [-0.4, -0.2) is 14.8 Å². The molecule has 0 unspecified atom stereocenters. The van der Waals surface area contributed by atoms with E-state index in [4.69, 9.17) is 11.6 Å². The molecule has 1 aromatic carbocycles.